The van der Waals surface area contributed by atoms with E-state index in [2.05, 4.69) is 21.2 Å². The van der Waals surface area contributed by atoms with Crippen molar-refractivity contribution in [1.82, 2.24) is 9.80 Å². The zero-order valence-electron chi connectivity index (χ0n) is 13.6. The van der Waals surface area contributed by atoms with Crippen LogP contribution in [-0.2, 0) is 0 Å². The highest BCUT2D eigenvalue weighted by Gasteiger charge is 2.22. The van der Waals surface area contributed by atoms with Gasteiger partial charge >= 0.3 is 6.03 Å². The number of piperazine rings is 1. The molecular weight excluding hydrogens is 292 g/mol. The number of nitrogens with one attached hydrogen (secondary N) is 1. The van der Waals surface area contributed by atoms with E-state index in [0.29, 0.717) is 19.6 Å². The van der Waals surface area contributed by atoms with Gasteiger partial charge < -0.3 is 20.2 Å². The lowest BCUT2D eigenvalue weighted by molar-refractivity contribution is 0.127. The minimum absolute atomic E-state index is 0.0275. The molecule has 23 heavy (non-hydrogen) atoms. The summed E-state index contributed by atoms with van der Waals surface area (Å²) in [6, 6.07) is 8.03. The number of β-amino-alcohol motifs (C(OH)–C–C–N with tert-alkyl or cyclic N) is 1. The van der Waals surface area contributed by atoms with Crippen LogP contribution in [0.3, 0.4) is 0 Å². The molecule has 1 aromatic carbocycles. The summed E-state index contributed by atoms with van der Waals surface area (Å²) in [4.78, 5) is 18.9. The third-order valence-corrected chi connectivity index (χ3v) is 4.67. The number of rotatable bonds is 4. The number of aliphatic hydroxyl groups excluding tert-OH is 1. The molecule has 0 spiro atoms. The van der Waals surface area contributed by atoms with E-state index in [1.54, 1.807) is 0 Å². The number of carbonyl (C=O) groups is 1. The molecule has 0 aromatic heterocycles. The quantitative estimate of drug-likeness (QED) is 0.882. The Balaban J connectivity index is 1.60. The van der Waals surface area contributed by atoms with E-state index in [1.807, 2.05) is 23.1 Å². The van der Waals surface area contributed by atoms with Gasteiger partial charge in [-0.3, -0.25) is 4.90 Å². The number of hydrogen-bond acceptors (Lipinski definition) is 4. The van der Waals surface area contributed by atoms with Gasteiger partial charge in [-0.2, -0.15) is 0 Å². The Morgan fingerprint density at radius 3 is 2.43 bits per heavy atom. The van der Waals surface area contributed by atoms with Crippen LogP contribution in [0.25, 0.3) is 0 Å². The van der Waals surface area contributed by atoms with Gasteiger partial charge in [0.25, 0.3) is 0 Å². The maximum atomic E-state index is 12.5. The number of hydrogen-bond donors (Lipinski definition) is 2. The number of nitrogens with zero attached hydrogens (tertiary/aromatic N) is 3. The topological polar surface area (TPSA) is 59.1 Å². The molecule has 2 amide bonds. The summed E-state index contributed by atoms with van der Waals surface area (Å²) in [6.45, 7) is 6.04. The predicted molar refractivity (Wildman–Crippen MR) is 92.0 cm³/mol. The Bertz CT molecular complexity index is 523. The average molecular weight is 318 g/mol. The van der Waals surface area contributed by atoms with E-state index in [9.17, 15) is 4.79 Å². The van der Waals surface area contributed by atoms with Crippen LogP contribution < -0.4 is 10.2 Å². The molecule has 0 saturated carbocycles. The van der Waals surface area contributed by atoms with Crippen LogP contribution in [0.4, 0.5) is 16.2 Å². The molecule has 0 radical (unpaired) electrons. The minimum atomic E-state index is -0.0275. The van der Waals surface area contributed by atoms with E-state index in [4.69, 9.17) is 5.11 Å². The number of benzene rings is 1. The molecule has 3 rings (SSSR count). The van der Waals surface area contributed by atoms with Gasteiger partial charge in [-0.15, -0.1) is 0 Å². The van der Waals surface area contributed by atoms with Crippen molar-refractivity contribution in [3.63, 3.8) is 0 Å². The number of anilines is 2. The molecular formula is C17H26N4O2. The normalized spacial score (nSPS) is 19.2. The lowest BCUT2D eigenvalue weighted by Crippen LogP contribution is -2.50. The van der Waals surface area contributed by atoms with Crippen LogP contribution >= 0.6 is 0 Å². The second kappa shape index (κ2) is 7.66. The van der Waals surface area contributed by atoms with Crippen LogP contribution in [0.2, 0.25) is 0 Å². The van der Waals surface area contributed by atoms with Crippen molar-refractivity contribution in [2.75, 3.05) is 62.6 Å². The van der Waals surface area contributed by atoms with E-state index in [-0.39, 0.29) is 12.6 Å². The molecule has 0 bridgehead atoms. The molecule has 2 saturated heterocycles. The number of carbonyl (C=O) groups excluding carboxylic acids is 1. The van der Waals surface area contributed by atoms with Gasteiger partial charge in [0.15, 0.2) is 0 Å². The fourth-order valence-electron chi connectivity index (χ4n) is 3.32. The van der Waals surface area contributed by atoms with Crippen LogP contribution in [0.1, 0.15) is 12.8 Å². The van der Waals surface area contributed by atoms with Gasteiger partial charge in [-0.25, -0.2) is 4.79 Å². The lowest BCUT2D eigenvalue weighted by atomic mass is 10.2. The Hall–Kier alpha value is -1.79. The van der Waals surface area contributed by atoms with Crippen LogP contribution in [0.15, 0.2) is 24.3 Å². The summed E-state index contributed by atoms with van der Waals surface area (Å²) in [5.74, 6) is 0. The molecule has 1 aromatic rings. The van der Waals surface area contributed by atoms with Crippen LogP contribution in [0.5, 0.6) is 0 Å². The molecule has 126 valence electrons. The van der Waals surface area contributed by atoms with Gasteiger partial charge in [0.2, 0.25) is 0 Å². The maximum Gasteiger partial charge on any atom is 0.321 e. The fourth-order valence-corrected chi connectivity index (χ4v) is 3.32. The van der Waals surface area contributed by atoms with E-state index < -0.39 is 0 Å². The Labute approximate surface area is 137 Å². The van der Waals surface area contributed by atoms with Crippen molar-refractivity contribution in [3.05, 3.63) is 24.3 Å². The second-order valence-electron chi connectivity index (χ2n) is 6.19. The first-order valence-electron chi connectivity index (χ1n) is 8.51. The van der Waals surface area contributed by atoms with E-state index >= 15 is 0 Å². The third kappa shape index (κ3) is 3.95. The smallest absolute Gasteiger partial charge is 0.321 e. The highest BCUT2D eigenvalue weighted by atomic mass is 16.3. The van der Waals surface area contributed by atoms with Gasteiger partial charge in [0.05, 0.1) is 18.0 Å². The molecule has 2 heterocycles. The first-order valence-corrected chi connectivity index (χ1v) is 8.51. The van der Waals surface area contributed by atoms with Crippen molar-refractivity contribution in [2.24, 2.45) is 0 Å². The zero-order valence-corrected chi connectivity index (χ0v) is 13.6. The first-order chi connectivity index (χ1) is 11.3. The number of aliphatic hydroxyl groups is 1. The fraction of sp³-hybridized carbons (Fsp3) is 0.588. The van der Waals surface area contributed by atoms with E-state index in [0.717, 1.165) is 37.6 Å². The molecule has 6 nitrogen and oxygen atoms in total. The maximum absolute atomic E-state index is 12.5. The highest BCUT2D eigenvalue weighted by molar-refractivity contribution is 5.93. The summed E-state index contributed by atoms with van der Waals surface area (Å²) in [6.07, 6.45) is 2.43. The van der Waals surface area contributed by atoms with Gasteiger partial charge in [0.1, 0.15) is 0 Å². The monoisotopic (exact) mass is 318 g/mol. The van der Waals surface area contributed by atoms with Crippen LogP contribution in [-0.4, -0.2) is 73.4 Å². The molecule has 2 aliphatic heterocycles. The van der Waals surface area contributed by atoms with Crippen molar-refractivity contribution in [1.29, 1.82) is 0 Å². The lowest BCUT2D eigenvalue weighted by Gasteiger charge is -2.34. The summed E-state index contributed by atoms with van der Waals surface area (Å²) in [7, 11) is 0. The largest absolute Gasteiger partial charge is 0.395 e. The molecule has 6 heteroatoms. The van der Waals surface area contributed by atoms with E-state index in [1.165, 1.54) is 12.8 Å². The SMILES string of the molecule is O=C(Nc1ccccc1N1CCCC1)N1CCN(CCO)CC1. The van der Waals surface area contributed by atoms with Crippen molar-refractivity contribution in [2.45, 2.75) is 12.8 Å². The minimum Gasteiger partial charge on any atom is -0.395 e. The average Bonchev–Trinajstić information content (AvgIpc) is 3.10. The summed E-state index contributed by atoms with van der Waals surface area (Å²) in [5, 5.41) is 12.1. The van der Waals surface area contributed by atoms with Crippen molar-refractivity contribution in [3.8, 4) is 0 Å². The summed E-state index contributed by atoms with van der Waals surface area (Å²) >= 11 is 0. The number of amides is 2. The Kier molecular flexibility index (Phi) is 5.35. The molecule has 2 N–H and O–H groups in total. The Morgan fingerprint density at radius 1 is 1.04 bits per heavy atom. The third-order valence-electron chi connectivity index (χ3n) is 4.67. The summed E-state index contributed by atoms with van der Waals surface area (Å²) < 4.78 is 0. The van der Waals surface area contributed by atoms with Crippen LogP contribution in [0, 0.1) is 0 Å². The van der Waals surface area contributed by atoms with Gasteiger partial charge in [-0.05, 0) is 25.0 Å². The number of urea groups is 1. The molecule has 2 aliphatic rings. The first kappa shape index (κ1) is 16.1. The standard InChI is InChI=1S/C17H26N4O2/c22-14-13-19-9-11-21(12-10-19)17(23)18-15-5-1-2-6-16(15)20-7-3-4-8-20/h1-2,5-6,22H,3-4,7-14H2,(H,18,23). The number of para-hydroxylation sites is 2. The second-order valence-corrected chi connectivity index (χ2v) is 6.19. The Morgan fingerprint density at radius 2 is 1.74 bits per heavy atom. The van der Waals surface area contributed by atoms with Crippen molar-refractivity contribution >= 4 is 17.4 Å². The predicted octanol–water partition coefficient (Wildman–Crippen LogP) is 1.43. The van der Waals surface area contributed by atoms with Gasteiger partial charge in [0, 0.05) is 45.8 Å². The molecule has 2 fully saturated rings. The highest BCUT2D eigenvalue weighted by Crippen LogP contribution is 2.28. The molecule has 0 aliphatic carbocycles. The molecule has 0 unspecified atom stereocenters. The summed E-state index contributed by atoms with van der Waals surface area (Å²) in [5.41, 5.74) is 2.02. The van der Waals surface area contributed by atoms with Crippen molar-refractivity contribution < 1.29 is 9.90 Å². The molecule has 0 atom stereocenters. The van der Waals surface area contributed by atoms with Gasteiger partial charge in [-0.1, -0.05) is 12.1 Å². The zero-order chi connectivity index (χ0) is 16.1.